The predicted molar refractivity (Wildman–Crippen MR) is 100 cm³/mol. The van der Waals surface area contributed by atoms with Crippen molar-refractivity contribution >= 4 is 41.1 Å². The molecule has 6 nitrogen and oxygen atoms in total. The van der Waals surface area contributed by atoms with E-state index in [-0.39, 0.29) is 30.7 Å². The highest BCUT2D eigenvalue weighted by Crippen LogP contribution is 2.44. The van der Waals surface area contributed by atoms with E-state index in [4.69, 9.17) is 16.3 Å². The van der Waals surface area contributed by atoms with Crippen LogP contribution in [0.5, 0.6) is 5.75 Å². The molecular formula is C18H21ClN2O4S. The number of halogens is 1. The Morgan fingerprint density at radius 2 is 2.08 bits per heavy atom. The second-order valence-corrected chi connectivity index (χ2v) is 8.20. The monoisotopic (exact) mass is 396 g/mol. The van der Waals surface area contributed by atoms with Gasteiger partial charge in [-0.05, 0) is 36.4 Å². The molecule has 2 saturated heterocycles. The summed E-state index contributed by atoms with van der Waals surface area (Å²) in [5.74, 6) is 1.54. The van der Waals surface area contributed by atoms with Crippen LogP contribution in [0.15, 0.2) is 24.3 Å². The molecule has 0 N–H and O–H groups in total. The van der Waals surface area contributed by atoms with Crippen molar-refractivity contribution in [1.82, 2.24) is 9.80 Å². The molecule has 8 heteroatoms. The fourth-order valence-electron chi connectivity index (χ4n) is 3.15. The van der Waals surface area contributed by atoms with Crippen LogP contribution in [0.4, 0.5) is 0 Å². The first-order chi connectivity index (χ1) is 12.4. The summed E-state index contributed by atoms with van der Waals surface area (Å²) in [6.07, 6.45) is 0.952. The fourth-order valence-corrected chi connectivity index (χ4v) is 4.71. The Labute approximate surface area is 161 Å². The van der Waals surface area contributed by atoms with Crippen molar-refractivity contribution in [2.75, 3.05) is 38.2 Å². The Hall–Kier alpha value is -1.73. The molecule has 0 radical (unpaired) electrons. The number of benzene rings is 1. The van der Waals surface area contributed by atoms with Gasteiger partial charge in [0.25, 0.3) is 0 Å². The summed E-state index contributed by atoms with van der Waals surface area (Å²) < 4.78 is 5.57. The van der Waals surface area contributed by atoms with Gasteiger partial charge in [-0.15, -0.1) is 0 Å². The van der Waals surface area contributed by atoms with Crippen LogP contribution in [0.1, 0.15) is 12.8 Å². The Kier molecular flexibility index (Phi) is 5.77. The Morgan fingerprint density at radius 3 is 2.73 bits per heavy atom. The molecule has 1 atom stereocenters. The maximum atomic E-state index is 12.6. The number of carbonyl (C=O) groups is 3. The van der Waals surface area contributed by atoms with Gasteiger partial charge in [0.15, 0.2) is 0 Å². The Morgan fingerprint density at radius 1 is 1.35 bits per heavy atom. The number of rotatable bonds is 6. The van der Waals surface area contributed by atoms with E-state index in [0.717, 1.165) is 17.1 Å². The molecule has 0 aliphatic carbocycles. The van der Waals surface area contributed by atoms with Crippen LogP contribution >= 0.6 is 23.4 Å². The van der Waals surface area contributed by atoms with Crippen molar-refractivity contribution in [1.29, 1.82) is 0 Å². The summed E-state index contributed by atoms with van der Waals surface area (Å²) in [5, 5.41) is 0.628. The summed E-state index contributed by atoms with van der Waals surface area (Å²) in [6.45, 7) is 0.479. The second kappa shape index (κ2) is 7.88. The molecule has 0 saturated carbocycles. The van der Waals surface area contributed by atoms with Crippen molar-refractivity contribution in [3.05, 3.63) is 29.3 Å². The number of hydrogen-bond donors (Lipinski definition) is 0. The maximum absolute atomic E-state index is 12.6. The van der Waals surface area contributed by atoms with Crippen molar-refractivity contribution in [3.63, 3.8) is 0 Å². The van der Waals surface area contributed by atoms with Gasteiger partial charge in [0, 0.05) is 24.2 Å². The zero-order valence-corrected chi connectivity index (χ0v) is 16.1. The minimum atomic E-state index is -0.571. The van der Waals surface area contributed by atoms with Crippen LogP contribution in [0.25, 0.3) is 0 Å². The van der Waals surface area contributed by atoms with E-state index in [0.29, 0.717) is 29.7 Å². The summed E-state index contributed by atoms with van der Waals surface area (Å²) in [5.41, 5.74) is -0.571. The smallest absolute Gasteiger partial charge is 0.242 e. The van der Waals surface area contributed by atoms with Gasteiger partial charge in [0.2, 0.25) is 17.7 Å². The van der Waals surface area contributed by atoms with Gasteiger partial charge in [0.05, 0.1) is 12.0 Å². The molecule has 26 heavy (non-hydrogen) atoms. The molecule has 1 unspecified atom stereocenters. The molecule has 1 aromatic rings. The van der Waals surface area contributed by atoms with Gasteiger partial charge in [-0.1, -0.05) is 11.6 Å². The molecule has 3 amide bonds. The highest BCUT2D eigenvalue weighted by Gasteiger charge is 2.53. The van der Waals surface area contributed by atoms with Crippen molar-refractivity contribution in [3.8, 4) is 5.75 Å². The molecular weight excluding hydrogens is 376 g/mol. The zero-order chi connectivity index (χ0) is 18.7. The van der Waals surface area contributed by atoms with Gasteiger partial charge < -0.3 is 9.64 Å². The average molecular weight is 397 g/mol. The lowest BCUT2D eigenvalue weighted by molar-refractivity contribution is -0.146. The van der Waals surface area contributed by atoms with Crippen LogP contribution in [-0.4, -0.2) is 65.8 Å². The number of imide groups is 1. The van der Waals surface area contributed by atoms with Crippen LogP contribution in [0, 0.1) is 5.41 Å². The first-order valence-corrected chi connectivity index (χ1v) is 9.99. The predicted octanol–water partition coefficient (Wildman–Crippen LogP) is 2.06. The molecule has 1 spiro atoms. The maximum Gasteiger partial charge on any atom is 0.242 e. The van der Waals surface area contributed by atoms with Gasteiger partial charge in [-0.25, -0.2) is 0 Å². The lowest BCUT2D eigenvalue weighted by atomic mass is 9.86. The standard InChI is InChI=1S/C18H21ClN2O4S/c1-20(7-8-25-14-4-2-13(19)3-5-14)16(23)11-21-15(22)10-18(17(21)24)6-9-26-12-18/h2-5H,6-12H2,1H3. The minimum absolute atomic E-state index is 0.188. The van der Waals surface area contributed by atoms with E-state index in [1.807, 2.05) is 0 Å². The third-order valence-corrected chi connectivity index (χ3v) is 6.32. The highest BCUT2D eigenvalue weighted by molar-refractivity contribution is 7.99. The molecule has 2 aliphatic heterocycles. The number of carbonyl (C=O) groups excluding carboxylic acids is 3. The molecule has 2 aliphatic rings. The lowest BCUT2D eigenvalue weighted by Crippen LogP contribution is -2.44. The molecule has 3 rings (SSSR count). The molecule has 1 aromatic carbocycles. The second-order valence-electron chi connectivity index (χ2n) is 6.66. The minimum Gasteiger partial charge on any atom is -0.492 e. The first-order valence-electron chi connectivity index (χ1n) is 8.46. The van der Waals surface area contributed by atoms with E-state index in [1.54, 1.807) is 43.1 Å². The van der Waals surface area contributed by atoms with Crippen molar-refractivity contribution < 1.29 is 19.1 Å². The van der Waals surface area contributed by atoms with E-state index in [9.17, 15) is 14.4 Å². The zero-order valence-electron chi connectivity index (χ0n) is 14.6. The van der Waals surface area contributed by atoms with Crippen LogP contribution in [0.2, 0.25) is 5.02 Å². The summed E-state index contributed by atoms with van der Waals surface area (Å²) in [4.78, 5) is 39.8. The highest BCUT2D eigenvalue weighted by atomic mass is 35.5. The van der Waals surface area contributed by atoms with Crippen molar-refractivity contribution in [2.24, 2.45) is 5.41 Å². The van der Waals surface area contributed by atoms with Gasteiger partial charge in [0.1, 0.15) is 18.9 Å². The number of ether oxygens (including phenoxy) is 1. The number of nitrogens with zero attached hydrogens (tertiary/aromatic N) is 2. The Balaban J connectivity index is 1.48. The molecule has 2 heterocycles. The normalized spacial score (nSPS) is 22.3. The SMILES string of the molecule is CN(CCOc1ccc(Cl)cc1)C(=O)CN1C(=O)CC2(CCSC2)C1=O. The van der Waals surface area contributed by atoms with Gasteiger partial charge in [-0.3, -0.25) is 19.3 Å². The molecule has 140 valence electrons. The number of amides is 3. The van der Waals surface area contributed by atoms with Crippen LogP contribution < -0.4 is 4.74 Å². The van der Waals surface area contributed by atoms with Gasteiger partial charge in [-0.2, -0.15) is 11.8 Å². The number of thioether (sulfide) groups is 1. The van der Waals surface area contributed by atoms with Crippen LogP contribution in [-0.2, 0) is 14.4 Å². The largest absolute Gasteiger partial charge is 0.492 e. The quantitative estimate of drug-likeness (QED) is 0.688. The third-order valence-electron chi connectivity index (χ3n) is 4.82. The summed E-state index contributed by atoms with van der Waals surface area (Å²) >= 11 is 7.51. The van der Waals surface area contributed by atoms with E-state index < -0.39 is 5.41 Å². The number of likely N-dealkylation sites (tertiary alicyclic amines) is 1. The van der Waals surface area contributed by atoms with E-state index in [2.05, 4.69) is 0 Å². The van der Waals surface area contributed by atoms with Gasteiger partial charge >= 0.3 is 0 Å². The third kappa shape index (κ3) is 3.99. The number of hydrogen-bond acceptors (Lipinski definition) is 5. The average Bonchev–Trinajstić information content (AvgIpc) is 3.17. The summed E-state index contributed by atoms with van der Waals surface area (Å²) in [7, 11) is 1.64. The molecule has 0 bridgehead atoms. The van der Waals surface area contributed by atoms with E-state index >= 15 is 0 Å². The first kappa shape index (κ1) is 19.0. The molecule has 0 aromatic heterocycles. The van der Waals surface area contributed by atoms with E-state index in [1.165, 1.54) is 4.90 Å². The lowest BCUT2D eigenvalue weighted by Gasteiger charge is -2.23. The Bertz CT molecular complexity index is 704. The fraction of sp³-hybridized carbons (Fsp3) is 0.500. The number of likely N-dealkylation sites (N-methyl/N-ethyl adjacent to an activating group) is 1. The topological polar surface area (TPSA) is 66.9 Å². The molecule has 2 fully saturated rings. The summed E-state index contributed by atoms with van der Waals surface area (Å²) in [6, 6.07) is 6.97. The van der Waals surface area contributed by atoms with Crippen molar-refractivity contribution in [2.45, 2.75) is 12.8 Å². The van der Waals surface area contributed by atoms with Crippen LogP contribution in [0.3, 0.4) is 0 Å².